The zero-order chi connectivity index (χ0) is 37.3. The van der Waals surface area contributed by atoms with Gasteiger partial charge < -0.3 is 4.74 Å². The third-order valence-electron chi connectivity index (χ3n) is 18.9. The van der Waals surface area contributed by atoms with Gasteiger partial charge in [0.25, 0.3) is 0 Å². The fourth-order valence-electron chi connectivity index (χ4n) is 17.8. The van der Waals surface area contributed by atoms with Crippen molar-refractivity contribution in [2.75, 3.05) is 6.61 Å². The molecule has 1 fully saturated rings. The molecular formula is C56H34O2S. The molecule has 1 aromatic heterocycles. The van der Waals surface area contributed by atoms with Crippen molar-refractivity contribution in [3.8, 4) is 0 Å². The molecule has 6 atom stereocenters. The van der Waals surface area contributed by atoms with Gasteiger partial charge in [-0.1, -0.05) is 60.2 Å². The van der Waals surface area contributed by atoms with Gasteiger partial charge in [0.1, 0.15) is 0 Å². The van der Waals surface area contributed by atoms with Crippen molar-refractivity contribution in [1.82, 2.24) is 0 Å². The van der Waals surface area contributed by atoms with Crippen LogP contribution in [0, 0.1) is 5.92 Å². The summed E-state index contributed by atoms with van der Waals surface area (Å²) in [5, 5.41) is 30.5. The molecule has 9 aliphatic rings. The van der Waals surface area contributed by atoms with Crippen LogP contribution in [0.3, 0.4) is 0 Å². The van der Waals surface area contributed by atoms with Gasteiger partial charge >= 0.3 is 5.97 Å². The van der Waals surface area contributed by atoms with E-state index in [2.05, 4.69) is 71.4 Å². The second-order valence-corrected chi connectivity index (χ2v) is 21.3. The fourth-order valence-corrected chi connectivity index (χ4v) is 18.5. The van der Waals surface area contributed by atoms with Crippen molar-refractivity contribution in [1.29, 1.82) is 0 Å². The molecule has 0 radical (unpaired) electrons. The first-order chi connectivity index (χ1) is 29.2. The molecule has 19 rings (SSSR count). The Morgan fingerprint density at radius 3 is 2.47 bits per heavy atom. The maximum absolute atomic E-state index is 13.5. The Labute approximate surface area is 341 Å². The van der Waals surface area contributed by atoms with E-state index < -0.39 is 0 Å². The van der Waals surface area contributed by atoms with E-state index in [1.54, 1.807) is 148 Å². The standard InChI is InChI=1S/C56H34O2S/c57-32(58-11-8-22-9-12-59-21-22)7-4-10-55(30-5-2-1-3-6-30)54-31-19-28-17-25-15-26-14-23-13-24-16-27-18-29-20-56(54,55)53-39(29)44-38(27)43-34(24)33(23)41-37(26)42-35(25)36(28)45-40(31)52(53)51-49(44)47(43)46(41)48(42)50(45)51/h1-3,5-6,9,12,15-16,18-19,21,26,29,37,54H,4,7-8,10-11,13-14,17,20H2. The zero-order valence-electron chi connectivity index (χ0n) is 32.3. The minimum atomic E-state index is -0.0801. The van der Waals surface area contributed by atoms with E-state index >= 15 is 0 Å². The SMILES string of the molecule is O=C(CCCC1(c2ccccc2)C2c3cc4c5c6c7c8c9c%10c%11c%12c(cc%13c%14c%15c%16c(c%17c3c5c8c%17c%15c9c%12%14)C21CC%16C=%13)CC=%11CC(C=C6C4)C7%10)OCCc1ccsc1. The second-order valence-electron chi connectivity index (χ2n) is 20.5. The van der Waals surface area contributed by atoms with Crippen LogP contribution >= 0.6 is 11.3 Å². The molecule has 0 N–H and O–H groups in total. The number of thiophene rings is 1. The quantitative estimate of drug-likeness (QED) is 0.114. The third-order valence-corrected chi connectivity index (χ3v) is 19.6. The molecule has 9 aromatic carbocycles. The van der Waals surface area contributed by atoms with E-state index in [0.29, 0.717) is 36.7 Å². The monoisotopic (exact) mass is 770 g/mol. The molecule has 1 saturated carbocycles. The van der Waals surface area contributed by atoms with E-state index in [9.17, 15) is 4.79 Å². The summed E-state index contributed by atoms with van der Waals surface area (Å²) >= 11 is 1.71. The van der Waals surface area contributed by atoms with Crippen LogP contribution in [-0.4, -0.2) is 12.6 Å². The van der Waals surface area contributed by atoms with Crippen LogP contribution in [0.2, 0.25) is 0 Å². The number of fused-ring (bicyclic) bond motifs is 1. The molecule has 3 heteroatoms. The van der Waals surface area contributed by atoms with E-state index in [-0.39, 0.29) is 16.8 Å². The molecular weight excluding hydrogens is 737 g/mol. The first-order valence-corrected chi connectivity index (χ1v) is 23.4. The van der Waals surface area contributed by atoms with Gasteiger partial charge in [-0.15, -0.1) is 0 Å². The fraction of sp³-hybridized carbons (Fsp3) is 0.268. The number of ether oxygens (including phenoxy) is 1. The molecule has 0 aliphatic heterocycles. The van der Waals surface area contributed by atoms with Crippen LogP contribution in [-0.2, 0) is 39.6 Å². The topological polar surface area (TPSA) is 26.3 Å². The predicted octanol–water partition coefficient (Wildman–Crippen LogP) is 11.2. The van der Waals surface area contributed by atoms with Crippen molar-refractivity contribution in [3.05, 3.63) is 131 Å². The van der Waals surface area contributed by atoms with E-state index in [0.717, 1.165) is 32.1 Å². The number of esters is 1. The molecule has 9 aliphatic carbocycles. The summed E-state index contributed by atoms with van der Waals surface area (Å²) in [6.45, 7) is 0.464. The van der Waals surface area contributed by atoms with Gasteiger partial charge in [-0.3, -0.25) is 4.79 Å². The number of rotatable bonds is 8. The maximum Gasteiger partial charge on any atom is 0.305 e. The highest BCUT2D eigenvalue weighted by molar-refractivity contribution is 7.08. The molecule has 1 spiro atoms. The lowest BCUT2D eigenvalue weighted by Crippen LogP contribution is -2.28. The van der Waals surface area contributed by atoms with Crippen LogP contribution in [0.25, 0.3) is 92.6 Å². The number of hydrogen-bond acceptors (Lipinski definition) is 3. The van der Waals surface area contributed by atoms with Gasteiger partial charge in [-0.2, -0.15) is 11.3 Å². The number of carbonyl (C=O) groups excluding carboxylic acids is 1. The maximum atomic E-state index is 13.5. The predicted molar refractivity (Wildman–Crippen MR) is 239 cm³/mol. The Hall–Kier alpha value is -5.51. The Balaban J connectivity index is 0.951. The molecule has 10 aromatic rings. The Morgan fingerprint density at radius 1 is 0.780 bits per heavy atom. The largest absolute Gasteiger partial charge is 0.465 e. The van der Waals surface area contributed by atoms with Crippen LogP contribution in [0.5, 0.6) is 0 Å². The molecule has 6 unspecified atom stereocenters. The minimum Gasteiger partial charge on any atom is -0.465 e. The van der Waals surface area contributed by atoms with Gasteiger partial charge in [0.15, 0.2) is 0 Å². The summed E-state index contributed by atoms with van der Waals surface area (Å²) in [6.07, 6.45) is 13.3. The molecule has 1 heterocycles. The molecule has 0 amide bonds. The smallest absolute Gasteiger partial charge is 0.305 e. The summed E-state index contributed by atoms with van der Waals surface area (Å²) in [4.78, 5) is 13.5. The molecule has 0 bridgehead atoms. The minimum absolute atomic E-state index is 0.00318. The van der Waals surface area contributed by atoms with Crippen LogP contribution in [0.15, 0.2) is 65.4 Å². The molecule has 2 nitrogen and oxygen atoms in total. The number of carbonyl (C=O) groups is 1. The summed E-state index contributed by atoms with van der Waals surface area (Å²) < 4.78 is 5.91. The first-order valence-electron chi connectivity index (χ1n) is 22.5. The van der Waals surface area contributed by atoms with Gasteiger partial charge in [0.2, 0.25) is 0 Å². The number of allylic oxidation sites excluding steroid dienone is 2. The lowest BCUT2D eigenvalue weighted by molar-refractivity contribution is -0.143. The van der Waals surface area contributed by atoms with Crippen LogP contribution < -0.4 is 10.4 Å². The first kappa shape index (κ1) is 28.8. The van der Waals surface area contributed by atoms with Gasteiger partial charge in [-0.25, -0.2) is 0 Å². The Kier molecular flexibility index (Phi) is 4.12. The van der Waals surface area contributed by atoms with Gasteiger partial charge in [0, 0.05) is 41.4 Å². The van der Waals surface area contributed by atoms with E-state index in [1.807, 2.05) is 0 Å². The molecule has 59 heavy (non-hydrogen) atoms. The summed E-state index contributed by atoms with van der Waals surface area (Å²) in [7, 11) is 0. The summed E-state index contributed by atoms with van der Waals surface area (Å²) in [6, 6.07) is 19.3. The zero-order valence-corrected chi connectivity index (χ0v) is 33.1. The Bertz CT molecular complexity index is 4000. The third kappa shape index (κ3) is 2.52. The highest BCUT2D eigenvalue weighted by atomic mass is 32.1. The average molecular weight is 771 g/mol. The van der Waals surface area contributed by atoms with Crippen molar-refractivity contribution in [3.63, 3.8) is 0 Å². The van der Waals surface area contributed by atoms with Crippen molar-refractivity contribution < 1.29 is 9.53 Å². The van der Waals surface area contributed by atoms with Crippen molar-refractivity contribution >= 4 is 110 Å². The second kappa shape index (κ2) is 8.43. The highest BCUT2D eigenvalue weighted by Crippen LogP contribution is 2.87. The van der Waals surface area contributed by atoms with E-state index in [1.165, 1.54) is 29.2 Å². The van der Waals surface area contributed by atoms with Crippen LogP contribution in [0.1, 0.15) is 105 Å². The normalized spacial score (nSPS) is 28.1. The van der Waals surface area contributed by atoms with Crippen molar-refractivity contribution in [2.24, 2.45) is 5.92 Å². The van der Waals surface area contributed by atoms with Gasteiger partial charge in [-0.05, 0) is 208 Å². The van der Waals surface area contributed by atoms with Gasteiger partial charge in [0.05, 0.1) is 6.61 Å². The summed E-state index contributed by atoms with van der Waals surface area (Å²) in [5.74, 6) is 1.85. The Morgan fingerprint density at radius 2 is 1.59 bits per heavy atom. The highest BCUT2D eigenvalue weighted by Gasteiger charge is 2.81. The molecule has 0 saturated heterocycles. The van der Waals surface area contributed by atoms with E-state index in [4.69, 9.17) is 4.74 Å². The average Bonchev–Trinajstić information content (AvgIpc) is 4.03. The van der Waals surface area contributed by atoms with Crippen molar-refractivity contribution in [2.45, 2.75) is 80.0 Å². The molecule has 276 valence electrons. The number of hydrogen-bond donors (Lipinski definition) is 0. The van der Waals surface area contributed by atoms with Crippen LogP contribution in [0.4, 0.5) is 0 Å². The summed E-state index contributed by atoms with van der Waals surface area (Å²) in [5.41, 5.74) is 19.5. The lowest BCUT2D eigenvalue weighted by Gasteiger charge is -2.33. The lowest BCUT2D eigenvalue weighted by atomic mass is 9.69. The number of benzene rings is 7.